The Hall–Kier alpha value is -1.19. The average molecular weight is 284 g/mol. The van der Waals surface area contributed by atoms with Crippen LogP contribution in [0.15, 0.2) is 35.8 Å². The molecule has 0 unspecified atom stereocenters. The third kappa shape index (κ3) is 3.18. The monoisotopic (exact) mass is 283 g/mol. The molecule has 1 aliphatic carbocycles. The third-order valence-corrected chi connectivity index (χ3v) is 3.44. The normalized spacial score (nSPS) is 22.7. The van der Waals surface area contributed by atoms with Gasteiger partial charge < -0.3 is 11.1 Å². The van der Waals surface area contributed by atoms with Gasteiger partial charge in [0.2, 0.25) is 0 Å². The Kier molecular flexibility index (Phi) is 4.15. The van der Waals surface area contributed by atoms with Gasteiger partial charge in [-0.25, -0.2) is 4.99 Å². The van der Waals surface area contributed by atoms with Gasteiger partial charge in [-0.05, 0) is 24.1 Å². The Labute approximate surface area is 117 Å². The lowest BCUT2D eigenvalue weighted by Gasteiger charge is -2.06. The first-order chi connectivity index (χ1) is 8.61. The highest BCUT2D eigenvalue weighted by Crippen LogP contribution is 2.44. The predicted molar refractivity (Wildman–Crippen MR) is 77.4 cm³/mol. The Morgan fingerprint density at radius 1 is 1.56 bits per heavy atom. The zero-order chi connectivity index (χ0) is 13.1. The number of halogens is 2. The minimum atomic E-state index is 0.303. The topological polar surface area (TPSA) is 50.4 Å². The summed E-state index contributed by atoms with van der Waals surface area (Å²) in [4.78, 5) is 4.10. The summed E-state index contributed by atoms with van der Waals surface area (Å²) in [6.07, 6.45) is 2.71. The standard InChI is InChI=1S/C13H15Cl2N3/c1-2-5-17-13(16)18-12-7-10(12)9-4-3-8(14)6-11(9)15/h2-4,6,10,12H,1,5,7H2,(H3,16,17,18)/t10-,12+/m0/s1. The van der Waals surface area contributed by atoms with E-state index in [1.807, 2.05) is 12.1 Å². The van der Waals surface area contributed by atoms with Gasteiger partial charge in [-0.2, -0.15) is 0 Å². The molecule has 0 saturated heterocycles. The molecule has 1 aromatic rings. The van der Waals surface area contributed by atoms with E-state index in [0.717, 1.165) is 12.0 Å². The van der Waals surface area contributed by atoms with Crippen LogP contribution < -0.4 is 11.1 Å². The maximum Gasteiger partial charge on any atom is 0.189 e. The van der Waals surface area contributed by atoms with Crippen molar-refractivity contribution in [2.75, 3.05) is 6.54 Å². The molecule has 0 aromatic heterocycles. The molecule has 0 amide bonds. The van der Waals surface area contributed by atoms with E-state index in [-0.39, 0.29) is 0 Å². The fourth-order valence-corrected chi connectivity index (χ4v) is 2.45. The molecule has 0 spiro atoms. The highest BCUT2D eigenvalue weighted by Gasteiger charge is 2.39. The van der Waals surface area contributed by atoms with Crippen molar-refractivity contribution in [2.45, 2.75) is 18.4 Å². The van der Waals surface area contributed by atoms with Gasteiger partial charge in [0.15, 0.2) is 5.96 Å². The van der Waals surface area contributed by atoms with Crippen molar-refractivity contribution in [1.82, 2.24) is 5.32 Å². The first kappa shape index (κ1) is 13.2. The van der Waals surface area contributed by atoms with Gasteiger partial charge in [-0.1, -0.05) is 35.3 Å². The molecule has 1 saturated carbocycles. The average Bonchev–Trinajstić information content (AvgIpc) is 3.05. The largest absolute Gasteiger partial charge is 0.370 e. The lowest BCUT2D eigenvalue weighted by molar-refractivity contribution is 0.854. The van der Waals surface area contributed by atoms with Crippen molar-refractivity contribution in [3.05, 3.63) is 46.5 Å². The summed E-state index contributed by atoms with van der Waals surface area (Å²) >= 11 is 12.0. The van der Waals surface area contributed by atoms with Gasteiger partial charge in [0.25, 0.3) is 0 Å². The van der Waals surface area contributed by atoms with E-state index in [1.165, 1.54) is 0 Å². The number of benzene rings is 1. The van der Waals surface area contributed by atoms with Crippen molar-refractivity contribution < 1.29 is 0 Å². The molecule has 2 atom stereocenters. The summed E-state index contributed by atoms with van der Waals surface area (Å²) in [6.45, 7) is 4.12. The van der Waals surface area contributed by atoms with Crippen LogP contribution in [0.4, 0.5) is 0 Å². The molecule has 18 heavy (non-hydrogen) atoms. The second-order valence-corrected chi connectivity index (χ2v) is 5.12. The molecule has 1 aromatic carbocycles. The van der Waals surface area contributed by atoms with E-state index in [2.05, 4.69) is 16.9 Å². The third-order valence-electron chi connectivity index (χ3n) is 2.88. The van der Waals surface area contributed by atoms with E-state index in [9.17, 15) is 0 Å². The molecule has 3 nitrogen and oxygen atoms in total. The molecular weight excluding hydrogens is 269 g/mol. The molecule has 0 heterocycles. The second-order valence-electron chi connectivity index (χ2n) is 4.27. The van der Waals surface area contributed by atoms with Crippen LogP contribution in [0, 0.1) is 0 Å². The quantitative estimate of drug-likeness (QED) is 0.507. The maximum absolute atomic E-state index is 6.16. The fourth-order valence-electron chi connectivity index (χ4n) is 1.90. The highest BCUT2D eigenvalue weighted by atomic mass is 35.5. The summed E-state index contributed by atoms with van der Waals surface area (Å²) in [5.74, 6) is 0.833. The van der Waals surface area contributed by atoms with Crippen molar-refractivity contribution in [2.24, 2.45) is 10.7 Å². The lowest BCUT2D eigenvalue weighted by Crippen LogP contribution is -2.34. The van der Waals surface area contributed by atoms with Crippen LogP contribution in [0.1, 0.15) is 17.9 Å². The van der Waals surface area contributed by atoms with Crippen molar-refractivity contribution >= 4 is 29.2 Å². The Morgan fingerprint density at radius 2 is 2.33 bits per heavy atom. The van der Waals surface area contributed by atoms with Crippen LogP contribution in [0.5, 0.6) is 0 Å². The van der Waals surface area contributed by atoms with Gasteiger partial charge in [0.1, 0.15) is 0 Å². The molecule has 96 valence electrons. The zero-order valence-electron chi connectivity index (χ0n) is 9.87. The van der Waals surface area contributed by atoms with Gasteiger partial charge in [-0.3, -0.25) is 0 Å². The zero-order valence-corrected chi connectivity index (χ0v) is 11.4. The van der Waals surface area contributed by atoms with Crippen LogP contribution in [0.3, 0.4) is 0 Å². The van der Waals surface area contributed by atoms with Crippen LogP contribution in [0.2, 0.25) is 10.0 Å². The summed E-state index contributed by atoms with van der Waals surface area (Å²) in [5, 5.41) is 4.53. The van der Waals surface area contributed by atoms with E-state index in [0.29, 0.717) is 34.5 Å². The summed E-state index contributed by atoms with van der Waals surface area (Å²) < 4.78 is 0. The van der Waals surface area contributed by atoms with Crippen molar-refractivity contribution in [3.63, 3.8) is 0 Å². The first-order valence-electron chi connectivity index (χ1n) is 5.74. The van der Waals surface area contributed by atoms with Crippen molar-refractivity contribution in [3.8, 4) is 0 Å². The Morgan fingerprint density at radius 3 is 3.00 bits per heavy atom. The smallest absolute Gasteiger partial charge is 0.189 e. The van der Waals surface area contributed by atoms with Crippen LogP contribution in [0.25, 0.3) is 0 Å². The summed E-state index contributed by atoms with van der Waals surface area (Å²) in [5.41, 5.74) is 6.85. The molecule has 0 aliphatic heterocycles. The minimum absolute atomic E-state index is 0.303. The Bertz CT molecular complexity index is 485. The van der Waals surface area contributed by atoms with Crippen LogP contribution >= 0.6 is 23.2 Å². The van der Waals surface area contributed by atoms with E-state index >= 15 is 0 Å². The van der Waals surface area contributed by atoms with Crippen LogP contribution in [-0.4, -0.2) is 18.5 Å². The van der Waals surface area contributed by atoms with Gasteiger partial charge in [-0.15, -0.1) is 6.58 Å². The second kappa shape index (κ2) is 5.63. The maximum atomic E-state index is 6.16. The molecular formula is C13H15Cl2N3. The van der Waals surface area contributed by atoms with Crippen molar-refractivity contribution in [1.29, 1.82) is 0 Å². The van der Waals surface area contributed by atoms with E-state index in [4.69, 9.17) is 28.9 Å². The first-order valence-corrected chi connectivity index (χ1v) is 6.49. The summed E-state index contributed by atoms with van der Waals surface area (Å²) in [7, 11) is 0. The van der Waals surface area contributed by atoms with E-state index < -0.39 is 0 Å². The molecule has 1 aliphatic rings. The number of nitrogens with one attached hydrogen (secondary N) is 1. The molecule has 0 bridgehead atoms. The molecule has 1 fully saturated rings. The van der Waals surface area contributed by atoms with Gasteiger partial charge >= 0.3 is 0 Å². The minimum Gasteiger partial charge on any atom is -0.370 e. The van der Waals surface area contributed by atoms with Gasteiger partial charge in [0, 0.05) is 22.0 Å². The number of rotatable bonds is 4. The fraction of sp³-hybridized carbons (Fsp3) is 0.308. The number of guanidine groups is 1. The molecule has 0 radical (unpaired) electrons. The number of hydrogen-bond acceptors (Lipinski definition) is 1. The number of hydrogen-bond donors (Lipinski definition) is 2. The SMILES string of the molecule is C=CCN=C(N)N[C@@H]1C[C@H]1c1ccc(Cl)cc1Cl. The van der Waals surface area contributed by atoms with E-state index in [1.54, 1.807) is 12.1 Å². The van der Waals surface area contributed by atoms with Gasteiger partial charge in [0.05, 0.1) is 6.54 Å². The molecule has 3 N–H and O–H groups in total. The molecule has 5 heteroatoms. The summed E-state index contributed by atoms with van der Waals surface area (Å²) in [6, 6.07) is 5.89. The highest BCUT2D eigenvalue weighted by molar-refractivity contribution is 6.35. The van der Waals surface area contributed by atoms with Crippen LogP contribution in [-0.2, 0) is 0 Å². The lowest BCUT2D eigenvalue weighted by atomic mass is 10.1. The Balaban J connectivity index is 1.96. The number of nitrogens with two attached hydrogens (primary N) is 1. The molecule has 2 rings (SSSR count). The number of aliphatic imine (C=N–C) groups is 1. The number of nitrogens with zero attached hydrogens (tertiary/aromatic N) is 1. The predicted octanol–water partition coefficient (Wildman–Crippen LogP) is 2.94.